The molecule has 0 amide bonds. The van der Waals surface area contributed by atoms with Crippen LogP contribution in [0.15, 0.2) is 131 Å². The molecule has 0 radical (unpaired) electrons. The summed E-state index contributed by atoms with van der Waals surface area (Å²) < 4.78 is 9.64. The van der Waals surface area contributed by atoms with Crippen molar-refractivity contribution < 1.29 is 39.0 Å². The third-order valence-electron chi connectivity index (χ3n) is 14.3. The molecular formula is C76H118N6Si4Zn2. The normalized spacial score (nSPS) is 12.4. The zero-order valence-corrected chi connectivity index (χ0v) is 71.2. The Morgan fingerprint density at radius 3 is 0.659 bits per heavy atom. The molecule has 0 aliphatic heterocycles. The number of hydrogen-bond donors (Lipinski definition) is 0. The van der Waals surface area contributed by atoms with Crippen molar-refractivity contribution in [1.82, 2.24) is 0 Å². The molecule has 0 saturated heterocycles. The molecule has 0 atom stereocenters. The van der Waals surface area contributed by atoms with Gasteiger partial charge in [0.1, 0.15) is 0 Å². The van der Waals surface area contributed by atoms with Crippen LogP contribution in [0, 0.1) is 0 Å². The van der Waals surface area contributed by atoms with Gasteiger partial charge in [0.2, 0.25) is 0 Å². The van der Waals surface area contributed by atoms with Gasteiger partial charge >= 0.3 is 39.0 Å². The van der Waals surface area contributed by atoms with E-state index in [1.165, 1.54) is 44.5 Å². The Morgan fingerprint density at radius 1 is 0.284 bits per heavy atom. The molecule has 6 nitrogen and oxygen atoms in total. The zero-order valence-electron chi connectivity index (χ0n) is 61.3. The van der Waals surface area contributed by atoms with Crippen LogP contribution in [0.4, 0.5) is 34.1 Å². The smallest absolute Gasteiger partial charge is 0.668 e. The number of aliphatic imine (C=N–C) groups is 2. The summed E-state index contributed by atoms with van der Waals surface area (Å²) in [7, 11) is -4.42. The van der Waals surface area contributed by atoms with Crippen LogP contribution in [0.1, 0.15) is 228 Å². The van der Waals surface area contributed by atoms with Gasteiger partial charge in [-0.1, -0.05) is 366 Å². The Labute approximate surface area is 570 Å². The van der Waals surface area contributed by atoms with Gasteiger partial charge in [-0.15, -0.1) is 22.7 Å². The fourth-order valence-electron chi connectivity index (χ4n) is 11.0. The Bertz CT molecular complexity index is 2810. The molecule has 0 heterocycles. The molecule has 0 unspecified atom stereocenters. The van der Waals surface area contributed by atoms with Crippen molar-refractivity contribution in [3.63, 3.8) is 0 Å². The molecule has 0 fully saturated rings. The minimum atomic E-state index is -1.11. The van der Waals surface area contributed by atoms with Gasteiger partial charge in [-0.05, 0) is 94.6 Å². The molecular weight excluding hydrogens is 1240 g/mol. The van der Waals surface area contributed by atoms with Crippen molar-refractivity contribution in [3.05, 3.63) is 197 Å². The number of benzene rings is 6. The van der Waals surface area contributed by atoms with Crippen LogP contribution in [0.5, 0.6) is 0 Å². The Morgan fingerprint density at radius 2 is 0.477 bits per heavy atom. The third-order valence-corrected chi connectivity index (χ3v) is 25.1. The van der Waals surface area contributed by atoms with E-state index in [1.54, 1.807) is 0 Å². The summed E-state index contributed by atoms with van der Waals surface area (Å²) in [6.45, 7) is 67.7. The van der Waals surface area contributed by atoms with Gasteiger partial charge in [-0.3, -0.25) is 9.98 Å². The van der Waals surface area contributed by atoms with Crippen molar-refractivity contribution in [1.29, 1.82) is 0 Å². The Balaban J connectivity index is 0.000000676. The van der Waals surface area contributed by atoms with Crippen molar-refractivity contribution >= 4 is 78.5 Å². The van der Waals surface area contributed by atoms with Crippen LogP contribution in [0.3, 0.4) is 0 Å². The van der Waals surface area contributed by atoms with E-state index in [0.29, 0.717) is 47.3 Å². The van der Waals surface area contributed by atoms with Crippen LogP contribution in [0.2, 0.25) is 78.6 Å². The first-order valence-electron chi connectivity index (χ1n) is 32.4. The molecule has 0 aliphatic rings. The van der Waals surface area contributed by atoms with Crippen LogP contribution in [0.25, 0.3) is 19.9 Å². The van der Waals surface area contributed by atoms with E-state index in [1.807, 2.05) is 0 Å². The van der Waals surface area contributed by atoms with Gasteiger partial charge < -0.3 is 19.9 Å². The van der Waals surface area contributed by atoms with E-state index in [0.717, 1.165) is 56.7 Å². The molecule has 0 aromatic heterocycles. The molecule has 0 aliphatic carbocycles. The van der Waals surface area contributed by atoms with E-state index < -0.39 is 32.9 Å². The van der Waals surface area contributed by atoms with Gasteiger partial charge in [0.05, 0.1) is 11.4 Å². The predicted molar refractivity (Wildman–Crippen MR) is 401 cm³/mol. The second kappa shape index (κ2) is 36.5. The Kier molecular flexibility index (Phi) is 34.2. The zero-order chi connectivity index (χ0) is 65.4. The summed E-state index contributed by atoms with van der Waals surface area (Å²) in [6, 6.07) is 43.2. The average molecular weight is 1360 g/mol. The van der Waals surface area contributed by atoms with E-state index >= 15 is 0 Å². The van der Waals surface area contributed by atoms with E-state index in [2.05, 4.69) is 325 Å². The maximum Gasteiger partial charge on any atom is 2.00 e. The van der Waals surface area contributed by atoms with E-state index in [-0.39, 0.29) is 39.0 Å². The van der Waals surface area contributed by atoms with Crippen LogP contribution < -0.4 is 0 Å². The molecule has 0 bridgehead atoms. The van der Waals surface area contributed by atoms with Gasteiger partial charge in [-0.25, -0.2) is 0 Å². The minimum Gasteiger partial charge on any atom is -0.668 e. The molecule has 0 N–H and O–H groups in total. The molecule has 472 valence electrons. The first kappa shape index (κ1) is 82.3. The van der Waals surface area contributed by atoms with Crippen molar-refractivity contribution in [2.45, 2.75) is 251 Å². The number of para-hydroxylation sites is 6. The molecule has 6 rings (SSSR count). The van der Waals surface area contributed by atoms with Crippen molar-refractivity contribution in [3.8, 4) is 0 Å². The first-order chi connectivity index (χ1) is 39.6. The molecule has 6 aromatic carbocycles. The summed E-state index contributed by atoms with van der Waals surface area (Å²) in [5.74, 6) is 3.29. The molecule has 0 spiro atoms. The summed E-state index contributed by atoms with van der Waals surface area (Å²) >= 11 is 0. The third kappa shape index (κ3) is 26.9. The van der Waals surface area contributed by atoms with Crippen molar-refractivity contribution in [2.75, 3.05) is 0 Å². The summed E-state index contributed by atoms with van der Waals surface area (Å²) in [6.07, 6.45) is 0. The quantitative estimate of drug-likeness (QED) is 0.0539. The minimum absolute atomic E-state index is 0. The second-order valence-corrected chi connectivity index (χ2v) is 49.1. The van der Waals surface area contributed by atoms with Crippen molar-refractivity contribution in [2.24, 2.45) is 9.98 Å². The van der Waals surface area contributed by atoms with E-state index in [4.69, 9.17) is 29.9 Å². The summed E-state index contributed by atoms with van der Waals surface area (Å²) in [5.41, 5.74) is 21.0. The summed E-state index contributed by atoms with van der Waals surface area (Å²) in [4.78, 5) is 10.5. The largest absolute Gasteiger partial charge is 2.00 e. The number of hydrogen-bond acceptors (Lipinski definition) is 2. The topological polar surface area (TPSA) is 81.1 Å². The fraction of sp³-hybridized carbons (Fsp3) is 0.500. The van der Waals surface area contributed by atoms with Gasteiger partial charge in [0, 0.05) is 11.4 Å². The van der Waals surface area contributed by atoms with Crippen LogP contribution >= 0.6 is 0 Å². The standard InChI is InChI=1S/2C32H41N2.2C6H18NSi2.2Zn/c2*1-20(2)25-15-12-16-26(21(3)4)31(25)33-24(9)29-14-10-11-19-30(29)34-32-27(22(5)6)17-13-18-28(32)23(7)8;2*1-8(2,3)7-9(4,5)6;;/h2*10-23H,1-9H3;2*1-6H3;;/q4*-1;2*+2. The predicted octanol–water partition coefficient (Wildman–Crippen LogP) is 27.4. The average Bonchev–Trinajstić information content (AvgIpc) is 3.37. The molecule has 88 heavy (non-hydrogen) atoms. The molecule has 6 aromatic rings. The van der Waals surface area contributed by atoms with Gasteiger partial charge in [-0.2, -0.15) is 0 Å². The monoisotopic (exact) mass is 1350 g/mol. The van der Waals surface area contributed by atoms with Gasteiger partial charge in [0.15, 0.2) is 0 Å². The SMILES string of the molecule is CC(=Nc1c(C(C)C)cccc1C(C)C)c1ccccc1[N-]c1c(C(C)C)cccc1C(C)C.CC(=Nc1c(C(C)C)cccc1C(C)C)c1ccccc1[N-]c1c(C(C)C)cccc1C(C)C.C[Si](C)(C)[N-][Si](C)(C)C.C[Si](C)(C)[N-][Si](C)(C)C.[Zn+2].[Zn+2]. The summed E-state index contributed by atoms with van der Waals surface area (Å²) in [5, 5.41) is 10.6. The number of rotatable bonds is 20. The number of nitrogens with zero attached hydrogens (tertiary/aromatic N) is 6. The maximum absolute atomic E-state index is 5.28. The molecule has 12 heteroatoms. The fourth-order valence-corrected chi connectivity index (χ4v) is 27.1. The van der Waals surface area contributed by atoms with Crippen LogP contribution in [-0.2, 0) is 39.0 Å². The maximum atomic E-state index is 5.28. The van der Waals surface area contributed by atoms with Gasteiger partial charge in [0.25, 0.3) is 0 Å². The Hall–Kier alpha value is -3.71. The van der Waals surface area contributed by atoms with Crippen LogP contribution in [-0.4, -0.2) is 44.4 Å². The second-order valence-electron chi connectivity index (χ2n) is 29.9. The molecule has 0 saturated carbocycles. The first-order valence-corrected chi connectivity index (χ1v) is 46.1. The van der Waals surface area contributed by atoms with E-state index in [9.17, 15) is 0 Å².